The molecule has 0 aliphatic heterocycles. The van der Waals surface area contributed by atoms with E-state index in [4.69, 9.17) is 5.73 Å². The standard InChI is InChI=1S/C13H21NS/c1-2-3-4-5-6-7-13(14)10-12-8-9-15-11-12/h2,8-9,11,13H,1,3-7,10,14H2. The van der Waals surface area contributed by atoms with Gasteiger partial charge in [-0.2, -0.15) is 11.3 Å². The third-order valence-corrected chi connectivity index (χ3v) is 3.29. The topological polar surface area (TPSA) is 26.0 Å². The van der Waals surface area contributed by atoms with Crippen LogP contribution in [0, 0.1) is 0 Å². The van der Waals surface area contributed by atoms with Crippen molar-refractivity contribution in [1.82, 2.24) is 0 Å². The molecule has 15 heavy (non-hydrogen) atoms. The van der Waals surface area contributed by atoms with Gasteiger partial charge in [-0.3, -0.25) is 0 Å². The van der Waals surface area contributed by atoms with Gasteiger partial charge in [-0.05, 0) is 48.1 Å². The summed E-state index contributed by atoms with van der Waals surface area (Å²) in [7, 11) is 0. The highest BCUT2D eigenvalue weighted by Gasteiger charge is 2.03. The molecule has 0 saturated carbocycles. The Morgan fingerprint density at radius 3 is 2.93 bits per heavy atom. The lowest BCUT2D eigenvalue weighted by molar-refractivity contribution is 0.551. The number of unbranched alkanes of at least 4 members (excludes halogenated alkanes) is 3. The zero-order valence-corrected chi connectivity index (χ0v) is 10.1. The molecule has 0 aliphatic carbocycles. The van der Waals surface area contributed by atoms with Crippen LogP contribution < -0.4 is 5.73 Å². The highest BCUT2D eigenvalue weighted by atomic mass is 32.1. The Labute approximate surface area is 97.0 Å². The van der Waals surface area contributed by atoms with Gasteiger partial charge in [0.2, 0.25) is 0 Å². The number of hydrogen-bond donors (Lipinski definition) is 1. The van der Waals surface area contributed by atoms with E-state index in [1.807, 2.05) is 6.08 Å². The fourth-order valence-electron chi connectivity index (χ4n) is 1.69. The molecule has 1 heterocycles. The average molecular weight is 223 g/mol. The lowest BCUT2D eigenvalue weighted by Crippen LogP contribution is -2.22. The van der Waals surface area contributed by atoms with Gasteiger partial charge in [0.25, 0.3) is 0 Å². The fourth-order valence-corrected chi connectivity index (χ4v) is 2.37. The van der Waals surface area contributed by atoms with Crippen LogP contribution in [0.25, 0.3) is 0 Å². The maximum atomic E-state index is 6.06. The van der Waals surface area contributed by atoms with Crippen LogP contribution in [0.15, 0.2) is 29.5 Å². The summed E-state index contributed by atoms with van der Waals surface area (Å²) in [5, 5.41) is 4.31. The molecule has 0 aliphatic rings. The molecule has 1 atom stereocenters. The Morgan fingerprint density at radius 2 is 2.27 bits per heavy atom. The van der Waals surface area contributed by atoms with Crippen LogP contribution in [0.5, 0.6) is 0 Å². The summed E-state index contributed by atoms with van der Waals surface area (Å²) in [6.07, 6.45) is 9.10. The van der Waals surface area contributed by atoms with Crippen LogP contribution in [0.3, 0.4) is 0 Å². The van der Waals surface area contributed by atoms with Gasteiger partial charge in [0.05, 0.1) is 0 Å². The van der Waals surface area contributed by atoms with E-state index >= 15 is 0 Å². The Morgan fingerprint density at radius 1 is 1.40 bits per heavy atom. The van der Waals surface area contributed by atoms with Crippen LogP contribution in [-0.4, -0.2) is 6.04 Å². The molecule has 0 radical (unpaired) electrons. The van der Waals surface area contributed by atoms with Gasteiger partial charge >= 0.3 is 0 Å². The summed E-state index contributed by atoms with van der Waals surface area (Å²) < 4.78 is 0. The third-order valence-electron chi connectivity index (χ3n) is 2.56. The van der Waals surface area contributed by atoms with Gasteiger partial charge in [0.1, 0.15) is 0 Å². The van der Waals surface area contributed by atoms with E-state index in [1.54, 1.807) is 11.3 Å². The lowest BCUT2D eigenvalue weighted by atomic mass is 10.0. The molecule has 0 spiro atoms. The van der Waals surface area contributed by atoms with Gasteiger partial charge in [-0.1, -0.05) is 18.9 Å². The summed E-state index contributed by atoms with van der Waals surface area (Å²) >= 11 is 1.75. The lowest BCUT2D eigenvalue weighted by Gasteiger charge is -2.09. The van der Waals surface area contributed by atoms with Gasteiger partial charge in [-0.25, -0.2) is 0 Å². The summed E-state index contributed by atoms with van der Waals surface area (Å²) in [5.74, 6) is 0. The molecule has 2 heteroatoms. The van der Waals surface area contributed by atoms with Crippen molar-refractivity contribution in [1.29, 1.82) is 0 Å². The first kappa shape index (κ1) is 12.5. The maximum absolute atomic E-state index is 6.06. The smallest absolute Gasteiger partial charge is 0.00796 e. The quantitative estimate of drug-likeness (QED) is 0.527. The second-order valence-electron chi connectivity index (χ2n) is 4.02. The van der Waals surface area contributed by atoms with Gasteiger partial charge < -0.3 is 5.73 Å². The summed E-state index contributed by atoms with van der Waals surface area (Å²) in [6.45, 7) is 3.72. The number of thiophene rings is 1. The molecule has 0 aromatic carbocycles. The summed E-state index contributed by atoms with van der Waals surface area (Å²) in [6, 6.07) is 2.51. The van der Waals surface area contributed by atoms with Crippen LogP contribution in [0.2, 0.25) is 0 Å². The van der Waals surface area contributed by atoms with Crippen molar-refractivity contribution in [3.8, 4) is 0 Å². The fraction of sp³-hybridized carbons (Fsp3) is 0.538. The van der Waals surface area contributed by atoms with Crippen molar-refractivity contribution in [3.05, 3.63) is 35.0 Å². The van der Waals surface area contributed by atoms with Crippen LogP contribution in [0.1, 0.15) is 37.7 Å². The average Bonchev–Trinajstić information content (AvgIpc) is 2.70. The number of rotatable bonds is 8. The minimum absolute atomic E-state index is 0.336. The van der Waals surface area contributed by atoms with Gasteiger partial charge in [0, 0.05) is 6.04 Å². The molecule has 0 bridgehead atoms. The van der Waals surface area contributed by atoms with Gasteiger partial charge in [0.15, 0.2) is 0 Å². The van der Waals surface area contributed by atoms with Crippen LogP contribution >= 0.6 is 11.3 Å². The van der Waals surface area contributed by atoms with Crippen molar-refractivity contribution in [2.45, 2.75) is 44.6 Å². The molecule has 0 saturated heterocycles. The summed E-state index contributed by atoms with van der Waals surface area (Å²) in [4.78, 5) is 0. The van der Waals surface area contributed by atoms with E-state index in [2.05, 4.69) is 23.4 Å². The summed E-state index contributed by atoms with van der Waals surface area (Å²) in [5.41, 5.74) is 7.45. The number of hydrogen-bond acceptors (Lipinski definition) is 2. The Balaban J connectivity index is 2.03. The first-order chi connectivity index (χ1) is 7.33. The zero-order valence-electron chi connectivity index (χ0n) is 9.32. The molecule has 1 aromatic rings. The SMILES string of the molecule is C=CCCCCCC(N)Cc1ccsc1. The first-order valence-electron chi connectivity index (χ1n) is 5.70. The van der Waals surface area contributed by atoms with Crippen molar-refractivity contribution in [2.75, 3.05) is 0 Å². The number of allylic oxidation sites excluding steroid dienone is 1. The van der Waals surface area contributed by atoms with Crippen molar-refractivity contribution < 1.29 is 0 Å². The maximum Gasteiger partial charge on any atom is 0.00796 e. The Bertz CT molecular complexity index is 254. The molecule has 84 valence electrons. The largest absolute Gasteiger partial charge is 0.327 e. The van der Waals surface area contributed by atoms with E-state index in [0.717, 1.165) is 19.3 Å². The molecule has 1 rings (SSSR count). The molecule has 1 unspecified atom stereocenters. The van der Waals surface area contributed by atoms with Crippen molar-refractivity contribution in [3.63, 3.8) is 0 Å². The van der Waals surface area contributed by atoms with Crippen LogP contribution in [-0.2, 0) is 6.42 Å². The van der Waals surface area contributed by atoms with E-state index < -0.39 is 0 Å². The molecule has 0 fully saturated rings. The Kier molecular flexibility index (Phi) is 6.37. The van der Waals surface area contributed by atoms with E-state index in [0.29, 0.717) is 6.04 Å². The van der Waals surface area contributed by atoms with E-state index in [1.165, 1.54) is 24.8 Å². The minimum Gasteiger partial charge on any atom is -0.327 e. The third kappa shape index (κ3) is 5.75. The van der Waals surface area contributed by atoms with Crippen molar-refractivity contribution in [2.24, 2.45) is 5.73 Å². The minimum atomic E-state index is 0.336. The molecular formula is C13H21NS. The van der Waals surface area contributed by atoms with E-state index in [9.17, 15) is 0 Å². The Hall–Kier alpha value is -0.600. The predicted octanol–water partition coefficient (Wildman–Crippen LogP) is 3.75. The molecule has 0 amide bonds. The highest BCUT2D eigenvalue weighted by molar-refractivity contribution is 7.07. The molecular weight excluding hydrogens is 202 g/mol. The van der Waals surface area contributed by atoms with Gasteiger partial charge in [-0.15, -0.1) is 6.58 Å². The van der Waals surface area contributed by atoms with Crippen LogP contribution in [0.4, 0.5) is 0 Å². The molecule has 1 aromatic heterocycles. The second-order valence-corrected chi connectivity index (χ2v) is 4.80. The molecule has 2 N–H and O–H groups in total. The second kappa shape index (κ2) is 7.66. The normalized spacial score (nSPS) is 12.6. The number of nitrogens with two attached hydrogens (primary N) is 1. The predicted molar refractivity (Wildman–Crippen MR) is 69.3 cm³/mol. The molecule has 1 nitrogen and oxygen atoms in total. The van der Waals surface area contributed by atoms with Crippen molar-refractivity contribution >= 4 is 11.3 Å². The monoisotopic (exact) mass is 223 g/mol. The first-order valence-corrected chi connectivity index (χ1v) is 6.64. The highest BCUT2D eigenvalue weighted by Crippen LogP contribution is 2.11. The zero-order chi connectivity index (χ0) is 10.9. The van der Waals surface area contributed by atoms with E-state index in [-0.39, 0.29) is 0 Å².